The number of benzene rings is 2. The maximum atomic E-state index is 12.6. The van der Waals surface area contributed by atoms with Crippen molar-refractivity contribution in [2.75, 3.05) is 7.11 Å². The van der Waals surface area contributed by atoms with E-state index in [2.05, 4.69) is 15.0 Å². The first-order valence-electron chi connectivity index (χ1n) is 7.22. The Labute approximate surface area is 141 Å². The summed E-state index contributed by atoms with van der Waals surface area (Å²) in [5.74, 6) is 0.410. The number of rotatable bonds is 3. The molecule has 0 saturated heterocycles. The largest absolute Gasteiger partial charge is 0.507 e. The number of nitrogens with zero attached hydrogens (tertiary/aromatic N) is 2. The summed E-state index contributed by atoms with van der Waals surface area (Å²) in [6.07, 6.45) is -1.04. The molecule has 3 rings (SSSR count). The zero-order valence-electron chi connectivity index (χ0n) is 13.1. The molecule has 0 unspecified atom stereocenters. The molecule has 1 N–H and O–H groups in total. The van der Waals surface area contributed by atoms with E-state index in [1.165, 1.54) is 19.2 Å². The van der Waals surface area contributed by atoms with Gasteiger partial charge in [0.15, 0.2) is 0 Å². The van der Waals surface area contributed by atoms with E-state index < -0.39 is 11.7 Å². The molecule has 0 aliphatic rings. The molecular formula is C18H12F3N3O. The minimum atomic E-state index is -4.36. The molecule has 7 heteroatoms. The second kappa shape index (κ2) is 6.32. The van der Waals surface area contributed by atoms with Crippen molar-refractivity contribution in [1.82, 2.24) is 10.2 Å². The first-order chi connectivity index (χ1) is 11.9. The van der Waals surface area contributed by atoms with Gasteiger partial charge in [0, 0.05) is 0 Å². The van der Waals surface area contributed by atoms with Crippen LogP contribution in [-0.4, -0.2) is 17.3 Å². The minimum Gasteiger partial charge on any atom is -0.507 e. The lowest BCUT2D eigenvalue weighted by molar-refractivity contribution is -0.137. The highest BCUT2D eigenvalue weighted by Gasteiger charge is 2.29. The van der Waals surface area contributed by atoms with Crippen LogP contribution in [0.5, 0.6) is 5.75 Å². The van der Waals surface area contributed by atoms with Crippen molar-refractivity contribution >= 4 is 28.7 Å². The van der Waals surface area contributed by atoms with Crippen LogP contribution in [-0.2, 0) is 6.18 Å². The number of ether oxygens (including phenoxy) is 1. The van der Waals surface area contributed by atoms with Gasteiger partial charge in [-0.2, -0.15) is 18.3 Å². The number of halogens is 3. The Morgan fingerprint density at radius 3 is 2.44 bits per heavy atom. The highest BCUT2D eigenvalue weighted by atomic mass is 19.4. The Morgan fingerprint density at radius 1 is 1.12 bits per heavy atom. The second-order valence-corrected chi connectivity index (χ2v) is 5.21. The van der Waals surface area contributed by atoms with E-state index in [1.807, 2.05) is 0 Å². The standard InChI is InChI=1S/C18H12F3N3O/c1-22-15-10-9-14-16(17(15)25-2)13(23-24-14)8-5-11-3-6-12(7-4-11)18(19,20)21/h3-10H,2H3,(H,23,24)/b8-5+. The maximum Gasteiger partial charge on any atom is 0.416 e. The molecule has 0 aliphatic carbocycles. The molecule has 0 amide bonds. The molecule has 0 spiro atoms. The summed E-state index contributed by atoms with van der Waals surface area (Å²) in [6.45, 7) is 7.20. The van der Waals surface area contributed by atoms with Crippen molar-refractivity contribution in [2.24, 2.45) is 0 Å². The van der Waals surface area contributed by atoms with Crippen LogP contribution in [0.25, 0.3) is 27.9 Å². The zero-order valence-corrected chi connectivity index (χ0v) is 13.1. The smallest absolute Gasteiger partial charge is 0.416 e. The number of nitrogens with one attached hydrogen (secondary N) is 1. The van der Waals surface area contributed by atoms with E-state index in [-0.39, 0.29) is 0 Å². The maximum absolute atomic E-state index is 12.6. The average Bonchev–Trinajstić information content (AvgIpc) is 3.01. The summed E-state index contributed by atoms with van der Waals surface area (Å²) in [7, 11) is 1.47. The van der Waals surface area contributed by atoms with Gasteiger partial charge in [0.25, 0.3) is 0 Å². The van der Waals surface area contributed by atoms with Gasteiger partial charge in [-0.1, -0.05) is 24.3 Å². The summed E-state index contributed by atoms with van der Waals surface area (Å²) in [4.78, 5) is 3.42. The average molecular weight is 343 g/mol. The Bertz CT molecular complexity index is 980. The van der Waals surface area contributed by atoms with E-state index in [0.29, 0.717) is 33.6 Å². The molecule has 126 valence electrons. The van der Waals surface area contributed by atoms with Crippen molar-refractivity contribution in [1.29, 1.82) is 0 Å². The fourth-order valence-electron chi connectivity index (χ4n) is 2.47. The fourth-order valence-corrected chi connectivity index (χ4v) is 2.47. The van der Waals surface area contributed by atoms with Crippen molar-refractivity contribution in [3.8, 4) is 5.75 Å². The molecule has 0 fully saturated rings. The zero-order chi connectivity index (χ0) is 18.0. The van der Waals surface area contributed by atoms with Gasteiger partial charge in [0.2, 0.25) is 5.69 Å². The van der Waals surface area contributed by atoms with Gasteiger partial charge in [-0.05, 0) is 29.8 Å². The summed E-state index contributed by atoms with van der Waals surface area (Å²) in [6, 6.07) is 8.19. The lowest BCUT2D eigenvalue weighted by Gasteiger charge is -2.06. The monoisotopic (exact) mass is 343 g/mol. The highest BCUT2D eigenvalue weighted by Crippen LogP contribution is 2.37. The third kappa shape index (κ3) is 3.19. The molecule has 0 aliphatic heterocycles. The molecule has 1 heterocycles. The molecule has 0 atom stereocenters. The molecule has 4 nitrogen and oxygen atoms in total. The molecule has 0 bridgehead atoms. The van der Waals surface area contributed by atoms with Gasteiger partial charge in [-0.3, -0.25) is 5.10 Å². The van der Waals surface area contributed by atoms with Crippen LogP contribution in [0.2, 0.25) is 0 Å². The van der Waals surface area contributed by atoms with Gasteiger partial charge in [0.1, 0.15) is 5.75 Å². The second-order valence-electron chi connectivity index (χ2n) is 5.21. The van der Waals surface area contributed by atoms with E-state index in [1.54, 1.807) is 24.3 Å². The van der Waals surface area contributed by atoms with E-state index in [4.69, 9.17) is 11.3 Å². The SMILES string of the molecule is [C-]#[N+]c1ccc2[nH]nc(/C=C/c3ccc(C(F)(F)F)cc3)c2c1OC. The first-order valence-corrected chi connectivity index (χ1v) is 7.22. The number of hydrogen-bond acceptors (Lipinski definition) is 2. The van der Waals surface area contributed by atoms with Crippen LogP contribution in [0.4, 0.5) is 18.9 Å². The number of fused-ring (bicyclic) bond motifs is 1. The molecule has 2 aromatic carbocycles. The quantitative estimate of drug-likeness (QED) is 0.655. The van der Waals surface area contributed by atoms with Crippen LogP contribution in [0.3, 0.4) is 0 Å². The Balaban J connectivity index is 1.98. The van der Waals surface area contributed by atoms with Crippen LogP contribution in [0.1, 0.15) is 16.8 Å². The van der Waals surface area contributed by atoms with Crippen LogP contribution in [0, 0.1) is 6.57 Å². The predicted molar refractivity (Wildman–Crippen MR) is 89.3 cm³/mol. The van der Waals surface area contributed by atoms with Gasteiger partial charge in [-0.25, -0.2) is 4.85 Å². The number of methoxy groups -OCH3 is 1. The Morgan fingerprint density at radius 2 is 1.84 bits per heavy atom. The fraction of sp³-hybridized carbons (Fsp3) is 0.111. The third-order valence-electron chi connectivity index (χ3n) is 3.69. The summed E-state index contributed by atoms with van der Waals surface area (Å²) in [5, 5.41) is 7.68. The van der Waals surface area contributed by atoms with Crippen LogP contribution in [0.15, 0.2) is 36.4 Å². The van der Waals surface area contributed by atoms with Gasteiger partial charge in [0.05, 0.1) is 35.8 Å². The Kier molecular flexibility index (Phi) is 4.19. The van der Waals surface area contributed by atoms with Crippen molar-refractivity contribution in [3.63, 3.8) is 0 Å². The summed E-state index contributed by atoms with van der Waals surface area (Å²) in [5.41, 5.74) is 1.51. The number of alkyl halides is 3. The van der Waals surface area contributed by atoms with Crippen molar-refractivity contribution < 1.29 is 17.9 Å². The molecule has 1 aromatic heterocycles. The van der Waals surface area contributed by atoms with Crippen molar-refractivity contribution in [2.45, 2.75) is 6.18 Å². The molecular weight excluding hydrogens is 331 g/mol. The topological polar surface area (TPSA) is 42.3 Å². The molecule has 0 saturated carbocycles. The highest BCUT2D eigenvalue weighted by molar-refractivity contribution is 5.98. The molecule has 25 heavy (non-hydrogen) atoms. The van der Waals surface area contributed by atoms with E-state index in [9.17, 15) is 13.2 Å². The lowest BCUT2D eigenvalue weighted by atomic mass is 10.1. The number of H-pyrrole nitrogens is 1. The van der Waals surface area contributed by atoms with Gasteiger partial charge >= 0.3 is 6.18 Å². The van der Waals surface area contributed by atoms with Crippen LogP contribution < -0.4 is 4.74 Å². The van der Waals surface area contributed by atoms with Crippen molar-refractivity contribution in [3.05, 3.63) is 64.6 Å². The third-order valence-corrected chi connectivity index (χ3v) is 3.69. The van der Waals surface area contributed by atoms with E-state index >= 15 is 0 Å². The molecule has 0 radical (unpaired) electrons. The first kappa shape index (κ1) is 16.6. The normalized spacial score (nSPS) is 11.8. The van der Waals surface area contributed by atoms with Gasteiger partial charge < -0.3 is 4.74 Å². The summed E-state index contributed by atoms with van der Waals surface area (Å²) < 4.78 is 43.1. The van der Waals surface area contributed by atoms with Crippen LogP contribution >= 0.6 is 0 Å². The summed E-state index contributed by atoms with van der Waals surface area (Å²) >= 11 is 0. The predicted octanol–water partition coefficient (Wildman–Crippen LogP) is 5.31. The minimum absolute atomic E-state index is 0.362. The lowest BCUT2D eigenvalue weighted by Crippen LogP contribution is -2.03. The number of aromatic amines is 1. The number of aromatic nitrogens is 2. The number of hydrogen-bond donors (Lipinski definition) is 1. The van der Waals surface area contributed by atoms with Gasteiger partial charge in [-0.15, -0.1) is 0 Å². The molecule has 3 aromatic rings. The Hall–Kier alpha value is -3.27. The van der Waals surface area contributed by atoms with E-state index in [0.717, 1.165) is 12.1 Å².